The average molecular weight is 300 g/mol. The van der Waals surface area contributed by atoms with Gasteiger partial charge in [0.05, 0.1) is 11.5 Å². The van der Waals surface area contributed by atoms with Gasteiger partial charge in [0.2, 0.25) is 10.0 Å². The summed E-state index contributed by atoms with van der Waals surface area (Å²) < 4.78 is 31.5. The van der Waals surface area contributed by atoms with Gasteiger partial charge >= 0.3 is 5.97 Å². The summed E-state index contributed by atoms with van der Waals surface area (Å²) in [6.45, 7) is 0.211. The predicted molar refractivity (Wildman–Crippen MR) is 72.0 cm³/mol. The van der Waals surface area contributed by atoms with Crippen molar-refractivity contribution in [1.82, 2.24) is 4.72 Å². The highest BCUT2D eigenvalue weighted by Crippen LogP contribution is 2.17. The Kier molecular flexibility index (Phi) is 3.83. The van der Waals surface area contributed by atoms with E-state index in [1.807, 2.05) is 0 Å². The van der Waals surface area contributed by atoms with E-state index in [2.05, 4.69) is 4.72 Å². The summed E-state index contributed by atoms with van der Waals surface area (Å²) >= 11 is 4.82. The average Bonchev–Trinajstić information content (AvgIpc) is 2.74. The SMILES string of the molecule is NC(=S)c1ccccc1S(=O)(=O)NC1CCOC1=O. The van der Waals surface area contributed by atoms with Crippen LogP contribution in [0.4, 0.5) is 0 Å². The zero-order chi connectivity index (χ0) is 14.0. The Labute approximate surface area is 116 Å². The van der Waals surface area contributed by atoms with Crippen molar-refractivity contribution in [3.63, 3.8) is 0 Å². The number of sulfonamides is 1. The number of nitrogens with one attached hydrogen (secondary N) is 1. The zero-order valence-electron chi connectivity index (χ0n) is 9.83. The van der Waals surface area contributed by atoms with Gasteiger partial charge in [0.25, 0.3) is 0 Å². The molecule has 3 N–H and O–H groups in total. The molecule has 6 nitrogen and oxygen atoms in total. The van der Waals surface area contributed by atoms with Gasteiger partial charge in [-0.25, -0.2) is 8.42 Å². The van der Waals surface area contributed by atoms with Crippen molar-refractivity contribution in [3.8, 4) is 0 Å². The van der Waals surface area contributed by atoms with Crippen molar-refractivity contribution in [2.75, 3.05) is 6.61 Å². The predicted octanol–water partition coefficient (Wildman–Crippen LogP) is -0.0854. The number of thiocarbonyl (C=S) groups is 1. The number of hydrogen-bond acceptors (Lipinski definition) is 5. The summed E-state index contributed by atoms with van der Waals surface area (Å²) in [6, 6.07) is 5.24. The van der Waals surface area contributed by atoms with Crippen LogP contribution in [0.1, 0.15) is 12.0 Å². The highest BCUT2D eigenvalue weighted by molar-refractivity contribution is 7.89. The molecule has 8 heteroatoms. The van der Waals surface area contributed by atoms with Crippen molar-refractivity contribution in [2.24, 2.45) is 5.73 Å². The van der Waals surface area contributed by atoms with Crippen LogP contribution in [-0.2, 0) is 19.6 Å². The maximum Gasteiger partial charge on any atom is 0.324 e. The first kappa shape index (κ1) is 13.9. The summed E-state index contributed by atoms with van der Waals surface area (Å²) in [6.07, 6.45) is 0.313. The number of benzene rings is 1. The van der Waals surface area contributed by atoms with Gasteiger partial charge in [0.15, 0.2) is 0 Å². The van der Waals surface area contributed by atoms with Gasteiger partial charge in [0, 0.05) is 12.0 Å². The van der Waals surface area contributed by atoms with E-state index in [9.17, 15) is 13.2 Å². The number of hydrogen-bond donors (Lipinski definition) is 2. The maximum atomic E-state index is 12.2. The van der Waals surface area contributed by atoms with Crippen molar-refractivity contribution in [3.05, 3.63) is 29.8 Å². The smallest absolute Gasteiger partial charge is 0.324 e. The second-order valence-corrected chi connectivity index (χ2v) is 6.11. The molecule has 19 heavy (non-hydrogen) atoms. The Morgan fingerprint density at radius 1 is 1.42 bits per heavy atom. The Morgan fingerprint density at radius 3 is 2.68 bits per heavy atom. The standard InChI is InChI=1S/C11H12N2O4S2/c12-10(18)7-3-1-2-4-9(7)19(15,16)13-8-5-6-17-11(8)14/h1-4,8,13H,5-6H2,(H2,12,18). The van der Waals surface area contributed by atoms with E-state index >= 15 is 0 Å². The number of nitrogens with two attached hydrogens (primary N) is 1. The topological polar surface area (TPSA) is 98.5 Å². The van der Waals surface area contributed by atoms with E-state index in [-0.39, 0.29) is 22.1 Å². The maximum absolute atomic E-state index is 12.2. The minimum absolute atomic E-state index is 0.0185. The Bertz CT molecular complexity index is 627. The minimum atomic E-state index is -3.87. The third-order valence-corrected chi connectivity index (χ3v) is 4.42. The molecule has 1 aliphatic rings. The molecule has 0 aliphatic carbocycles. The molecule has 1 unspecified atom stereocenters. The van der Waals surface area contributed by atoms with Gasteiger partial charge < -0.3 is 10.5 Å². The molecule has 1 saturated heterocycles. The molecule has 0 saturated carbocycles. The van der Waals surface area contributed by atoms with Gasteiger partial charge in [-0.05, 0) is 6.07 Å². The Morgan fingerprint density at radius 2 is 2.11 bits per heavy atom. The fourth-order valence-corrected chi connectivity index (χ4v) is 3.44. The number of ether oxygens (including phenoxy) is 1. The lowest BCUT2D eigenvalue weighted by atomic mass is 10.2. The van der Waals surface area contributed by atoms with E-state index in [0.29, 0.717) is 6.42 Å². The van der Waals surface area contributed by atoms with Crippen LogP contribution >= 0.6 is 12.2 Å². The Hall–Kier alpha value is -1.51. The van der Waals surface area contributed by atoms with E-state index in [1.54, 1.807) is 12.1 Å². The molecule has 102 valence electrons. The lowest BCUT2D eigenvalue weighted by Gasteiger charge is -2.12. The normalized spacial score (nSPS) is 19.2. The van der Waals surface area contributed by atoms with Crippen LogP contribution in [0.15, 0.2) is 29.2 Å². The summed E-state index contributed by atoms with van der Waals surface area (Å²) in [5.74, 6) is -0.573. The summed E-state index contributed by atoms with van der Waals surface area (Å²) in [5, 5.41) is 0. The lowest BCUT2D eigenvalue weighted by molar-refractivity contribution is -0.139. The fourth-order valence-electron chi connectivity index (χ4n) is 1.76. The van der Waals surface area contributed by atoms with Gasteiger partial charge in [-0.2, -0.15) is 4.72 Å². The van der Waals surface area contributed by atoms with Crippen molar-refractivity contribution in [1.29, 1.82) is 0 Å². The van der Waals surface area contributed by atoms with Crippen molar-refractivity contribution in [2.45, 2.75) is 17.4 Å². The summed E-state index contributed by atoms with van der Waals surface area (Å²) in [7, 11) is -3.87. The molecule has 1 heterocycles. The fraction of sp³-hybridized carbons (Fsp3) is 0.273. The molecule has 1 fully saturated rings. The van der Waals surface area contributed by atoms with Crippen LogP contribution in [-0.4, -0.2) is 32.0 Å². The first-order valence-electron chi connectivity index (χ1n) is 5.49. The molecular weight excluding hydrogens is 288 g/mol. The molecule has 0 amide bonds. The number of cyclic esters (lactones) is 1. The molecule has 0 aromatic heterocycles. The van der Waals surface area contributed by atoms with E-state index in [0.717, 1.165) is 0 Å². The second kappa shape index (κ2) is 5.24. The lowest BCUT2D eigenvalue weighted by Crippen LogP contribution is -2.38. The van der Waals surface area contributed by atoms with Crippen LogP contribution in [0, 0.1) is 0 Å². The van der Waals surface area contributed by atoms with Crippen LogP contribution in [0.2, 0.25) is 0 Å². The highest BCUT2D eigenvalue weighted by atomic mass is 32.2. The van der Waals surface area contributed by atoms with Crippen LogP contribution < -0.4 is 10.5 Å². The van der Waals surface area contributed by atoms with Crippen LogP contribution in [0.3, 0.4) is 0 Å². The molecule has 1 aromatic rings. The number of carbonyl (C=O) groups excluding carboxylic acids is 1. The number of esters is 1. The minimum Gasteiger partial charge on any atom is -0.464 e. The van der Waals surface area contributed by atoms with Crippen molar-refractivity contribution < 1.29 is 17.9 Å². The largest absolute Gasteiger partial charge is 0.464 e. The summed E-state index contributed by atoms with van der Waals surface area (Å²) in [4.78, 5) is 11.2. The first-order chi connectivity index (χ1) is 8.92. The zero-order valence-corrected chi connectivity index (χ0v) is 11.5. The van der Waals surface area contributed by atoms with Gasteiger partial charge in [-0.15, -0.1) is 0 Å². The monoisotopic (exact) mass is 300 g/mol. The molecule has 0 bridgehead atoms. The van der Waals surface area contributed by atoms with E-state index in [1.165, 1.54) is 12.1 Å². The Balaban J connectivity index is 2.34. The van der Waals surface area contributed by atoms with E-state index < -0.39 is 22.0 Å². The van der Waals surface area contributed by atoms with Crippen LogP contribution in [0.5, 0.6) is 0 Å². The van der Waals surface area contributed by atoms with Gasteiger partial charge in [0.1, 0.15) is 11.0 Å². The number of rotatable bonds is 4. The molecule has 1 aromatic carbocycles. The molecular formula is C11H12N2O4S2. The van der Waals surface area contributed by atoms with Gasteiger partial charge in [-0.3, -0.25) is 4.79 Å². The molecule has 2 rings (SSSR count). The molecule has 0 radical (unpaired) electrons. The quantitative estimate of drug-likeness (QED) is 0.596. The highest BCUT2D eigenvalue weighted by Gasteiger charge is 2.32. The molecule has 1 atom stereocenters. The molecule has 0 spiro atoms. The van der Waals surface area contributed by atoms with Crippen LogP contribution in [0.25, 0.3) is 0 Å². The summed E-state index contributed by atoms with van der Waals surface area (Å²) in [5.41, 5.74) is 5.74. The van der Waals surface area contributed by atoms with Crippen molar-refractivity contribution >= 4 is 33.2 Å². The van der Waals surface area contributed by atoms with Gasteiger partial charge in [-0.1, -0.05) is 30.4 Å². The molecule has 1 aliphatic heterocycles. The third kappa shape index (κ3) is 2.91. The third-order valence-electron chi connectivity index (χ3n) is 2.67. The first-order valence-corrected chi connectivity index (χ1v) is 7.39. The van der Waals surface area contributed by atoms with E-state index in [4.69, 9.17) is 22.7 Å². The second-order valence-electron chi connectivity index (χ2n) is 3.99. The number of carbonyl (C=O) groups is 1.